The summed E-state index contributed by atoms with van der Waals surface area (Å²) in [6.45, 7) is 0.563. The van der Waals surface area contributed by atoms with Crippen molar-refractivity contribution in [3.8, 4) is 18.1 Å². The molecule has 1 atom stereocenters. The number of hydrogen-bond donors (Lipinski definition) is 2. The second-order valence-electron chi connectivity index (χ2n) is 5.23. The minimum Gasteiger partial charge on any atom is -0.481 e. The van der Waals surface area contributed by atoms with Crippen LogP contribution in [0.5, 0.6) is 5.75 Å². The number of likely N-dealkylation sites (N-methyl/N-ethyl adjacent to an activating group) is 1. The van der Waals surface area contributed by atoms with Crippen LogP contribution in [0.4, 0.5) is 10.5 Å². The van der Waals surface area contributed by atoms with Crippen LogP contribution in [0, 0.1) is 18.3 Å². The summed E-state index contributed by atoms with van der Waals surface area (Å²) in [5.74, 6) is 3.40. The van der Waals surface area contributed by atoms with Gasteiger partial charge in [0.05, 0.1) is 6.10 Å². The maximum absolute atomic E-state index is 12.0. The molecule has 112 valence electrons. The number of aliphatic hydroxyl groups excluding tert-OH is 1. The van der Waals surface area contributed by atoms with Gasteiger partial charge in [-0.2, -0.15) is 0 Å². The number of amides is 2. The Morgan fingerprint density at radius 1 is 1.52 bits per heavy atom. The Morgan fingerprint density at radius 2 is 2.19 bits per heavy atom. The molecule has 1 fully saturated rings. The largest absolute Gasteiger partial charge is 0.481 e. The fourth-order valence-electron chi connectivity index (χ4n) is 1.97. The predicted octanol–water partition coefficient (Wildman–Crippen LogP) is 1.93. The monoisotopic (exact) mass is 288 g/mol. The number of nitrogens with zero attached hydrogens (tertiary/aromatic N) is 1. The van der Waals surface area contributed by atoms with Crippen LogP contribution in [0.15, 0.2) is 24.3 Å². The van der Waals surface area contributed by atoms with Crippen LogP contribution in [0.3, 0.4) is 0 Å². The van der Waals surface area contributed by atoms with E-state index in [0.717, 1.165) is 12.8 Å². The number of hydrogen-bond acceptors (Lipinski definition) is 3. The molecule has 0 unspecified atom stereocenters. The van der Waals surface area contributed by atoms with Crippen molar-refractivity contribution in [1.29, 1.82) is 0 Å². The van der Waals surface area contributed by atoms with E-state index in [1.165, 1.54) is 4.90 Å². The molecule has 21 heavy (non-hydrogen) atoms. The maximum atomic E-state index is 12.0. The number of ether oxygens (including phenoxy) is 1. The number of carbonyl (C=O) groups excluding carboxylic acids is 1. The standard InChI is InChI=1S/C16H20N2O3/c1-3-10-21-14-8-6-13(7-9-14)17-16(20)18(2)11-15(19)12-4-5-12/h1,6-9,12,15,19H,4-5,10-11H2,2H3,(H,17,20)/t15-/m1/s1. The van der Waals surface area contributed by atoms with E-state index in [9.17, 15) is 9.90 Å². The first-order valence-corrected chi connectivity index (χ1v) is 6.96. The summed E-state index contributed by atoms with van der Waals surface area (Å²) in [5.41, 5.74) is 0.667. The lowest BCUT2D eigenvalue weighted by molar-refractivity contribution is 0.117. The van der Waals surface area contributed by atoms with Crippen molar-refractivity contribution in [2.24, 2.45) is 5.92 Å². The lowest BCUT2D eigenvalue weighted by Gasteiger charge is -2.21. The van der Waals surface area contributed by atoms with Gasteiger partial charge in [-0.15, -0.1) is 6.42 Å². The molecular formula is C16H20N2O3. The lowest BCUT2D eigenvalue weighted by Crippen LogP contribution is -2.37. The molecule has 2 rings (SSSR count). The Kier molecular flexibility index (Phi) is 5.07. The van der Waals surface area contributed by atoms with Crippen molar-refractivity contribution in [3.63, 3.8) is 0 Å². The van der Waals surface area contributed by atoms with Gasteiger partial charge >= 0.3 is 6.03 Å². The van der Waals surface area contributed by atoms with Crippen LogP contribution in [0.2, 0.25) is 0 Å². The first-order valence-electron chi connectivity index (χ1n) is 6.96. The van der Waals surface area contributed by atoms with Gasteiger partial charge in [0.1, 0.15) is 12.4 Å². The van der Waals surface area contributed by atoms with E-state index in [-0.39, 0.29) is 12.6 Å². The molecule has 0 spiro atoms. The molecule has 0 bridgehead atoms. The number of terminal acetylenes is 1. The Labute approximate surface area is 124 Å². The molecule has 2 amide bonds. The van der Waals surface area contributed by atoms with Crippen LogP contribution < -0.4 is 10.1 Å². The molecule has 1 aromatic rings. The third kappa shape index (κ3) is 4.69. The number of urea groups is 1. The second kappa shape index (κ2) is 7.00. The molecule has 0 aromatic heterocycles. The Hall–Kier alpha value is -2.19. The first-order chi connectivity index (χ1) is 10.1. The van der Waals surface area contributed by atoms with E-state index in [1.807, 2.05) is 0 Å². The summed E-state index contributed by atoms with van der Waals surface area (Å²) in [7, 11) is 1.67. The zero-order chi connectivity index (χ0) is 15.2. The zero-order valence-electron chi connectivity index (χ0n) is 12.1. The summed E-state index contributed by atoms with van der Waals surface area (Å²) < 4.78 is 5.26. The molecule has 0 heterocycles. The van der Waals surface area contributed by atoms with E-state index < -0.39 is 6.10 Å². The second-order valence-corrected chi connectivity index (χ2v) is 5.23. The fourth-order valence-corrected chi connectivity index (χ4v) is 1.97. The first kappa shape index (κ1) is 15.2. The van der Waals surface area contributed by atoms with Crippen LogP contribution in [0.1, 0.15) is 12.8 Å². The van der Waals surface area contributed by atoms with Gasteiger partial charge in [0, 0.05) is 19.3 Å². The molecule has 0 saturated heterocycles. The highest BCUT2D eigenvalue weighted by molar-refractivity contribution is 5.89. The van der Waals surface area contributed by atoms with Crippen molar-refractivity contribution in [3.05, 3.63) is 24.3 Å². The van der Waals surface area contributed by atoms with Gasteiger partial charge < -0.3 is 20.1 Å². The van der Waals surface area contributed by atoms with Crippen LogP contribution in [-0.4, -0.2) is 42.3 Å². The highest BCUT2D eigenvalue weighted by Crippen LogP contribution is 2.32. The van der Waals surface area contributed by atoms with Gasteiger partial charge in [-0.1, -0.05) is 5.92 Å². The molecule has 1 aliphatic carbocycles. The Bertz CT molecular complexity index is 517. The quantitative estimate of drug-likeness (QED) is 0.786. The summed E-state index contributed by atoms with van der Waals surface area (Å²) in [6.07, 6.45) is 6.79. The molecule has 5 nitrogen and oxygen atoms in total. The summed E-state index contributed by atoms with van der Waals surface area (Å²) in [4.78, 5) is 13.5. The zero-order valence-corrected chi connectivity index (χ0v) is 12.1. The minimum absolute atomic E-state index is 0.216. The molecule has 0 aliphatic heterocycles. The van der Waals surface area contributed by atoms with Crippen molar-refractivity contribution in [2.45, 2.75) is 18.9 Å². The normalized spacial score (nSPS) is 14.9. The third-order valence-electron chi connectivity index (χ3n) is 3.40. The highest BCUT2D eigenvalue weighted by Gasteiger charge is 2.31. The number of carbonyl (C=O) groups is 1. The molecule has 0 radical (unpaired) electrons. The van der Waals surface area contributed by atoms with Crippen molar-refractivity contribution in [1.82, 2.24) is 4.90 Å². The third-order valence-corrected chi connectivity index (χ3v) is 3.40. The molecule has 5 heteroatoms. The van der Waals surface area contributed by atoms with Gasteiger partial charge in [0.15, 0.2) is 0 Å². The van der Waals surface area contributed by atoms with Crippen LogP contribution in [-0.2, 0) is 0 Å². The molecule has 2 N–H and O–H groups in total. The van der Waals surface area contributed by atoms with Gasteiger partial charge in [0.2, 0.25) is 0 Å². The van der Waals surface area contributed by atoms with E-state index in [4.69, 9.17) is 11.2 Å². The average Bonchev–Trinajstić information content (AvgIpc) is 3.31. The van der Waals surface area contributed by atoms with E-state index in [1.54, 1.807) is 31.3 Å². The van der Waals surface area contributed by atoms with E-state index in [2.05, 4.69) is 11.2 Å². The Balaban J connectivity index is 1.82. The summed E-state index contributed by atoms with van der Waals surface area (Å²) >= 11 is 0. The molecule has 1 saturated carbocycles. The van der Waals surface area contributed by atoms with Crippen LogP contribution >= 0.6 is 0 Å². The summed E-state index contributed by atoms with van der Waals surface area (Å²) in [5, 5.41) is 12.6. The average molecular weight is 288 g/mol. The Morgan fingerprint density at radius 3 is 2.76 bits per heavy atom. The van der Waals surface area contributed by atoms with Gasteiger partial charge in [-0.25, -0.2) is 4.79 Å². The number of anilines is 1. The van der Waals surface area contributed by atoms with Gasteiger partial charge in [-0.05, 0) is 43.0 Å². The summed E-state index contributed by atoms with van der Waals surface area (Å²) in [6, 6.07) is 6.73. The maximum Gasteiger partial charge on any atom is 0.321 e. The van der Waals surface area contributed by atoms with E-state index in [0.29, 0.717) is 23.9 Å². The number of nitrogens with one attached hydrogen (secondary N) is 1. The van der Waals surface area contributed by atoms with E-state index >= 15 is 0 Å². The molecule has 1 aliphatic rings. The minimum atomic E-state index is -0.430. The lowest BCUT2D eigenvalue weighted by atomic mass is 10.2. The van der Waals surface area contributed by atoms with Crippen molar-refractivity contribution in [2.75, 3.05) is 25.5 Å². The smallest absolute Gasteiger partial charge is 0.321 e. The van der Waals surface area contributed by atoms with Gasteiger partial charge in [-0.3, -0.25) is 0 Å². The predicted molar refractivity (Wildman–Crippen MR) is 81.1 cm³/mol. The van der Waals surface area contributed by atoms with Gasteiger partial charge in [0.25, 0.3) is 0 Å². The molecule has 1 aromatic carbocycles. The van der Waals surface area contributed by atoms with Crippen molar-refractivity contribution >= 4 is 11.7 Å². The molecular weight excluding hydrogens is 268 g/mol. The number of aliphatic hydroxyl groups is 1. The van der Waals surface area contributed by atoms with Crippen LogP contribution in [0.25, 0.3) is 0 Å². The van der Waals surface area contributed by atoms with Crippen molar-refractivity contribution < 1.29 is 14.6 Å². The fraction of sp³-hybridized carbons (Fsp3) is 0.438. The SMILES string of the molecule is C#CCOc1ccc(NC(=O)N(C)C[C@@H](O)C2CC2)cc1. The highest BCUT2D eigenvalue weighted by atomic mass is 16.5. The number of benzene rings is 1. The number of rotatable bonds is 6. The topological polar surface area (TPSA) is 61.8 Å².